The molecule has 0 aliphatic carbocycles. The Hall–Kier alpha value is -2.69. The minimum Gasteiger partial charge on any atom is -0.483 e. The van der Waals surface area contributed by atoms with Crippen molar-refractivity contribution in [2.24, 2.45) is 0 Å². The summed E-state index contributed by atoms with van der Waals surface area (Å²) in [5.41, 5.74) is 1.94. The molecule has 0 amide bonds. The highest BCUT2D eigenvalue weighted by Gasteiger charge is 2.09. The Kier molecular flexibility index (Phi) is 3.41. The third-order valence-corrected chi connectivity index (χ3v) is 2.85. The number of aryl methyl sites for hydroxylation is 1. The third kappa shape index (κ3) is 2.66. The van der Waals surface area contributed by atoms with Crippen molar-refractivity contribution in [3.63, 3.8) is 0 Å². The Morgan fingerprint density at radius 2 is 1.90 bits per heavy atom. The van der Waals surface area contributed by atoms with Gasteiger partial charge in [-0.2, -0.15) is 4.98 Å². The molecular formula is C15H13N3O2. The summed E-state index contributed by atoms with van der Waals surface area (Å²) in [7, 11) is 0. The predicted molar refractivity (Wildman–Crippen MR) is 73.0 cm³/mol. The molecule has 0 aliphatic heterocycles. The highest BCUT2D eigenvalue weighted by molar-refractivity contribution is 5.52. The molecule has 0 fully saturated rings. The quantitative estimate of drug-likeness (QED) is 0.727. The van der Waals surface area contributed by atoms with Crippen LogP contribution in [0.25, 0.3) is 11.4 Å². The van der Waals surface area contributed by atoms with E-state index in [1.807, 2.05) is 43.3 Å². The minimum atomic E-state index is 0.253. The summed E-state index contributed by atoms with van der Waals surface area (Å²) in [4.78, 5) is 8.25. The lowest BCUT2D eigenvalue weighted by Crippen LogP contribution is -1.97. The molecular weight excluding hydrogens is 254 g/mol. The summed E-state index contributed by atoms with van der Waals surface area (Å²) in [6, 6.07) is 11.5. The summed E-state index contributed by atoms with van der Waals surface area (Å²) in [5.74, 6) is 1.80. The molecule has 20 heavy (non-hydrogen) atoms. The van der Waals surface area contributed by atoms with E-state index in [4.69, 9.17) is 9.26 Å². The van der Waals surface area contributed by atoms with Crippen LogP contribution in [0.2, 0.25) is 0 Å². The van der Waals surface area contributed by atoms with Gasteiger partial charge in [-0.05, 0) is 30.7 Å². The standard InChI is InChI=1S/C15H13N3O2/c1-11-4-2-3-5-13(11)19-10-14-17-15(18-20-14)12-6-8-16-9-7-12/h2-9H,10H2,1H3. The molecule has 0 bridgehead atoms. The van der Waals surface area contributed by atoms with Crippen LogP contribution in [0.1, 0.15) is 11.5 Å². The van der Waals surface area contributed by atoms with Gasteiger partial charge >= 0.3 is 0 Å². The normalized spacial score (nSPS) is 10.4. The van der Waals surface area contributed by atoms with Crippen LogP contribution < -0.4 is 4.74 Å². The number of hydrogen-bond donors (Lipinski definition) is 0. The van der Waals surface area contributed by atoms with Gasteiger partial charge in [-0.25, -0.2) is 0 Å². The van der Waals surface area contributed by atoms with Crippen LogP contribution in [-0.4, -0.2) is 15.1 Å². The van der Waals surface area contributed by atoms with Crippen LogP contribution in [0.5, 0.6) is 5.75 Å². The zero-order valence-corrected chi connectivity index (χ0v) is 11.0. The lowest BCUT2D eigenvalue weighted by atomic mass is 10.2. The van der Waals surface area contributed by atoms with Crippen molar-refractivity contribution >= 4 is 0 Å². The number of ether oxygens (including phenoxy) is 1. The van der Waals surface area contributed by atoms with Gasteiger partial charge < -0.3 is 9.26 Å². The number of nitrogens with zero attached hydrogens (tertiary/aromatic N) is 3. The average molecular weight is 267 g/mol. The van der Waals surface area contributed by atoms with Crippen LogP contribution in [0.4, 0.5) is 0 Å². The Morgan fingerprint density at radius 1 is 1.10 bits per heavy atom. The third-order valence-electron chi connectivity index (χ3n) is 2.85. The van der Waals surface area contributed by atoms with Gasteiger partial charge in [0.1, 0.15) is 5.75 Å². The Bertz CT molecular complexity index is 695. The van der Waals surface area contributed by atoms with Crippen LogP contribution in [-0.2, 0) is 6.61 Å². The Labute approximate surface area is 116 Å². The SMILES string of the molecule is Cc1ccccc1OCc1nc(-c2ccncc2)no1. The molecule has 0 unspecified atom stereocenters. The van der Waals surface area contributed by atoms with Crippen molar-refractivity contribution in [1.82, 2.24) is 15.1 Å². The van der Waals surface area contributed by atoms with E-state index in [1.165, 1.54) is 0 Å². The topological polar surface area (TPSA) is 61.0 Å². The lowest BCUT2D eigenvalue weighted by Gasteiger charge is -2.05. The molecule has 1 aromatic carbocycles. The van der Waals surface area contributed by atoms with Crippen molar-refractivity contribution in [2.45, 2.75) is 13.5 Å². The van der Waals surface area contributed by atoms with Gasteiger partial charge in [0.25, 0.3) is 5.89 Å². The number of benzene rings is 1. The second-order valence-corrected chi connectivity index (χ2v) is 4.30. The number of rotatable bonds is 4. The summed E-state index contributed by atoms with van der Waals surface area (Å²) in [5, 5.41) is 3.93. The smallest absolute Gasteiger partial charge is 0.264 e. The zero-order chi connectivity index (χ0) is 13.8. The summed E-state index contributed by atoms with van der Waals surface area (Å²) < 4.78 is 10.8. The van der Waals surface area contributed by atoms with Gasteiger partial charge in [-0.15, -0.1) is 0 Å². The predicted octanol–water partition coefficient (Wildman–Crippen LogP) is 3.02. The molecule has 0 spiro atoms. The summed E-state index contributed by atoms with van der Waals surface area (Å²) in [6.45, 7) is 2.24. The number of aromatic nitrogens is 3. The van der Waals surface area contributed by atoms with Crippen LogP contribution in [0.15, 0.2) is 53.3 Å². The first kappa shape index (κ1) is 12.3. The summed E-state index contributed by atoms with van der Waals surface area (Å²) >= 11 is 0. The molecule has 0 saturated heterocycles. The molecule has 3 aromatic rings. The number of hydrogen-bond acceptors (Lipinski definition) is 5. The monoisotopic (exact) mass is 267 g/mol. The Balaban J connectivity index is 1.71. The van der Waals surface area contributed by atoms with E-state index in [1.54, 1.807) is 12.4 Å². The first-order chi connectivity index (χ1) is 9.83. The van der Waals surface area contributed by atoms with E-state index >= 15 is 0 Å². The number of para-hydroxylation sites is 1. The van der Waals surface area contributed by atoms with Crippen molar-refractivity contribution in [2.75, 3.05) is 0 Å². The van der Waals surface area contributed by atoms with E-state index in [2.05, 4.69) is 15.1 Å². The van der Waals surface area contributed by atoms with Crippen molar-refractivity contribution in [3.05, 3.63) is 60.2 Å². The van der Waals surface area contributed by atoms with E-state index in [9.17, 15) is 0 Å². The molecule has 5 nitrogen and oxygen atoms in total. The molecule has 2 aromatic heterocycles. The highest BCUT2D eigenvalue weighted by atomic mass is 16.5. The molecule has 0 radical (unpaired) electrons. The molecule has 0 N–H and O–H groups in total. The van der Waals surface area contributed by atoms with E-state index in [-0.39, 0.29) is 6.61 Å². The molecule has 5 heteroatoms. The first-order valence-electron chi connectivity index (χ1n) is 6.24. The molecule has 100 valence electrons. The zero-order valence-electron chi connectivity index (χ0n) is 11.0. The fraction of sp³-hybridized carbons (Fsp3) is 0.133. The highest BCUT2D eigenvalue weighted by Crippen LogP contribution is 2.19. The number of pyridine rings is 1. The Morgan fingerprint density at radius 3 is 2.70 bits per heavy atom. The van der Waals surface area contributed by atoms with Crippen LogP contribution >= 0.6 is 0 Å². The van der Waals surface area contributed by atoms with E-state index in [0.717, 1.165) is 16.9 Å². The van der Waals surface area contributed by atoms with E-state index < -0.39 is 0 Å². The first-order valence-corrected chi connectivity index (χ1v) is 6.24. The second-order valence-electron chi connectivity index (χ2n) is 4.30. The lowest BCUT2D eigenvalue weighted by molar-refractivity contribution is 0.242. The van der Waals surface area contributed by atoms with Gasteiger partial charge in [-0.1, -0.05) is 23.4 Å². The van der Waals surface area contributed by atoms with Gasteiger partial charge in [-0.3, -0.25) is 4.98 Å². The second kappa shape index (κ2) is 5.52. The molecule has 3 rings (SSSR count). The van der Waals surface area contributed by atoms with Crippen molar-refractivity contribution < 1.29 is 9.26 Å². The van der Waals surface area contributed by atoms with Gasteiger partial charge in [0.05, 0.1) is 0 Å². The van der Waals surface area contributed by atoms with Gasteiger partial charge in [0.2, 0.25) is 5.82 Å². The maximum atomic E-state index is 5.66. The average Bonchev–Trinajstić information content (AvgIpc) is 2.96. The molecule has 0 saturated carbocycles. The van der Waals surface area contributed by atoms with Crippen LogP contribution in [0.3, 0.4) is 0 Å². The van der Waals surface area contributed by atoms with Gasteiger partial charge in [0, 0.05) is 18.0 Å². The largest absolute Gasteiger partial charge is 0.483 e. The van der Waals surface area contributed by atoms with Crippen LogP contribution in [0, 0.1) is 6.92 Å². The van der Waals surface area contributed by atoms with E-state index in [0.29, 0.717) is 11.7 Å². The maximum absolute atomic E-state index is 5.66. The molecule has 2 heterocycles. The minimum absolute atomic E-state index is 0.253. The van der Waals surface area contributed by atoms with Gasteiger partial charge in [0.15, 0.2) is 6.61 Å². The van der Waals surface area contributed by atoms with Crippen molar-refractivity contribution in [3.8, 4) is 17.1 Å². The summed E-state index contributed by atoms with van der Waals surface area (Å²) in [6.07, 6.45) is 3.38. The molecule has 0 aliphatic rings. The fourth-order valence-corrected chi connectivity index (χ4v) is 1.79. The van der Waals surface area contributed by atoms with Crippen molar-refractivity contribution in [1.29, 1.82) is 0 Å². The molecule has 0 atom stereocenters. The maximum Gasteiger partial charge on any atom is 0.264 e. The fourth-order valence-electron chi connectivity index (χ4n) is 1.79.